The molecule has 0 spiro atoms. The number of rotatable bonds is 11. The number of sulfonamides is 1. The molecule has 2 aromatic carbocycles. The highest BCUT2D eigenvalue weighted by Gasteiger charge is 2.33. The van der Waals surface area contributed by atoms with E-state index in [0.29, 0.717) is 23.4 Å². The smallest absolute Gasteiger partial charge is 0.242 e. The molecule has 0 saturated heterocycles. The number of likely N-dealkylation sites (N-methyl/N-ethyl adjacent to an activating group) is 1. The maximum absolute atomic E-state index is 13.4. The van der Waals surface area contributed by atoms with Crippen molar-refractivity contribution >= 4 is 27.5 Å². The van der Waals surface area contributed by atoms with E-state index >= 15 is 0 Å². The van der Waals surface area contributed by atoms with Crippen LogP contribution in [-0.4, -0.2) is 99.0 Å². The Hall–Kier alpha value is -2.99. The fourth-order valence-corrected chi connectivity index (χ4v) is 5.93. The van der Waals surface area contributed by atoms with Gasteiger partial charge in [-0.3, -0.25) is 9.59 Å². The van der Waals surface area contributed by atoms with Gasteiger partial charge in [0.05, 0.1) is 30.5 Å². The predicted octanol–water partition coefficient (Wildman–Crippen LogP) is 2.75. The maximum Gasteiger partial charge on any atom is 0.242 e. The second-order valence-electron chi connectivity index (χ2n) is 11.3. The summed E-state index contributed by atoms with van der Waals surface area (Å²) in [4.78, 5) is 29.8. The Bertz CT molecular complexity index is 1300. The summed E-state index contributed by atoms with van der Waals surface area (Å²) in [6.07, 6.45) is 0.511. The zero-order valence-electron chi connectivity index (χ0n) is 25.0. The highest BCUT2D eigenvalue weighted by Crippen LogP contribution is 2.30. The minimum absolute atomic E-state index is 0.0148. The molecule has 3 rings (SSSR count). The Kier molecular flexibility index (Phi) is 11.3. The first-order chi connectivity index (χ1) is 19.3. The third-order valence-electron chi connectivity index (χ3n) is 7.38. The van der Waals surface area contributed by atoms with Crippen molar-refractivity contribution in [3.8, 4) is 5.75 Å². The number of carbonyl (C=O) groups is 2. The van der Waals surface area contributed by atoms with Crippen LogP contribution in [0.2, 0.25) is 0 Å². The van der Waals surface area contributed by atoms with Gasteiger partial charge in [-0.1, -0.05) is 24.6 Å². The maximum atomic E-state index is 13.4. The Balaban J connectivity index is 1.90. The predicted molar refractivity (Wildman–Crippen MR) is 159 cm³/mol. The number of fused-ring (bicyclic) bond motifs is 1. The van der Waals surface area contributed by atoms with Crippen molar-refractivity contribution in [2.45, 2.75) is 57.1 Å². The molecular formula is C30H44N4O6S. The van der Waals surface area contributed by atoms with Crippen molar-refractivity contribution in [3.63, 3.8) is 0 Å². The zero-order chi connectivity index (χ0) is 30.3. The molecule has 226 valence electrons. The summed E-state index contributed by atoms with van der Waals surface area (Å²) in [6.45, 7) is 6.51. The third kappa shape index (κ3) is 8.75. The van der Waals surface area contributed by atoms with Gasteiger partial charge in [0.2, 0.25) is 21.8 Å². The molecule has 2 amide bonds. The fourth-order valence-electron chi connectivity index (χ4n) is 4.75. The second-order valence-corrected chi connectivity index (χ2v) is 13.3. The van der Waals surface area contributed by atoms with E-state index in [9.17, 15) is 23.1 Å². The number of benzene rings is 2. The molecule has 0 aromatic heterocycles. The normalized spacial score (nSPS) is 18.8. The minimum Gasteiger partial charge on any atom is -0.488 e. The van der Waals surface area contributed by atoms with E-state index in [0.717, 1.165) is 18.5 Å². The van der Waals surface area contributed by atoms with E-state index in [4.69, 9.17) is 4.74 Å². The lowest BCUT2D eigenvalue weighted by Crippen LogP contribution is -2.48. The number of aliphatic hydroxyl groups is 1. The molecule has 1 heterocycles. The van der Waals surface area contributed by atoms with Crippen LogP contribution in [-0.2, 0) is 26.0 Å². The molecule has 2 N–H and O–H groups in total. The molecule has 0 unspecified atom stereocenters. The average molecular weight is 589 g/mol. The number of nitrogens with one attached hydrogen (secondary N) is 1. The molecule has 11 heteroatoms. The van der Waals surface area contributed by atoms with Gasteiger partial charge >= 0.3 is 0 Å². The van der Waals surface area contributed by atoms with Gasteiger partial charge in [-0.05, 0) is 71.2 Å². The summed E-state index contributed by atoms with van der Waals surface area (Å²) < 4.78 is 34.4. The van der Waals surface area contributed by atoms with Gasteiger partial charge in [-0.2, -0.15) is 4.31 Å². The molecule has 0 fully saturated rings. The SMILES string of the molecule is Cc1ccc(S(=O)(=O)N(C)C[C@H]2Oc3ccc(NC(=O)CCCN(C)C)cc3CC(=O)N([C@H](C)CO)C[C@@H]2C)cc1. The van der Waals surface area contributed by atoms with Gasteiger partial charge in [0, 0.05) is 37.2 Å². The van der Waals surface area contributed by atoms with Crippen LogP contribution in [0.5, 0.6) is 5.75 Å². The molecule has 0 bridgehead atoms. The molecule has 0 aliphatic carbocycles. The first kappa shape index (κ1) is 32.5. The summed E-state index contributed by atoms with van der Waals surface area (Å²) in [5.41, 5.74) is 2.10. The number of anilines is 1. The van der Waals surface area contributed by atoms with Gasteiger partial charge < -0.3 is 25.0 Å². The molecular weight excluding hydrogens is 544 g/mol. The Labute approximate surface area is 244 Å². The van der Waals surface area contributed by atoms with Gasteiger partial charge in [-0.25, -0.2) is 8.42 Å². The van der Waals surface area contributed by atoms with Gasteiger partial charge in [0.1, 0.15) is 11.9 Å². The zero-order valence-corrected chi connectivity index (χ0v) is 25.8. The molecule has 2 aromatic rings. The van der Waals surface area contributed by atoms with Crippen LogP contribution < -0.4 is 10.1 Å². The molecule has 0 radical (unpaired) electrons. The minimum atomic E-state index is -3.78. The second kappa shape index (κ2) is 14.3. The van der Waals surface area contributed by atoms with Crippen molar-refractivity contribution in [3.05, 3.63) is 53.6 Å². The monoisotopic (exact) mass is 588 g/mol. The number of hydrogen-bond acceptors (Lipinski definition) is 7. The lowest BCUT2D eigenvalue weighted by atomic mass is 10.0. The van der Waals surface area contributed by atoms with Crippen LogP contribution in [0.3, 0.4) is 0 Å². The number of ether oxygens (including phenoxy) is 1. The van der Waals surface area contributed by atoms with E-state index in [1.807, 2.05) is 32.8 Å². The van der Waals surface area contributed by atoms with E-state index in [-0.39, 0.29) is 48.7 Å². The van der Waals surface area contributed by atoms with Crippen molar-refractivity contribution in [1.82, 2.24) is 14.1 Å². The van der Waals surface area contributed by atoms with E-state index < -0.39 is 22.2 Å². The molecule has 41 heavy (non-hydrogen) atoms. The third-order valence-corrected chi connectivity index (χ3v) is 9.21. The topological polar surface area (TPSA) is 119 Å². The number of amides is 2. The van der Waals surface area contributed by atoms with Crippen molar-refractivity contribution in [2.24, 2.45) is 5.92 Å². The first-order valence-electron chi connectivity index (χ1n) is 14.0. The van der Waals surface area contributed by atoms with Crippen molar-refractivity contribution in [1.29, 1.82) is 0 Å². The largest absolute Gasteiger partial charge is 0.488 e. The first-order valence-corrected chi connectivity index (χ1v) is 15.4. The van der Waals surface area contributed by atoms with E-state index in [2.05, 4.69) is 5.32 Å². The van der Waals surface area contributed by atoms with Gasteiger partial charge in [-0.15, -0.1) is 0 Å². The summed E-state index contributed by atoms with van der Waals surface area (Å²) in [6, 6.07) is 11.4. The summed E-state index contributed by atoms with van der Waals surface area (Å²) >= 11 is 0. The Morgan fingerprint density at radius 3 is 2.49 bits per heavy atom. The summed E-state index contributed by atoms with van der Waals surface area (Å²) in [5.74, 6) is -0.0999. The Morgan fingerprint density at radius 2 is 1.85 bits per heavy atom. The van der Waals surface area contributed by atoms with Crippen LogP contribution >= 0.6 is 0 Å². The number of aliphatic hydroxyl groups excluding tert-OH is 1. The molecule has 1 aliphatic heterocycles. The van der Waals surface area contributed by atoms with Crippen LogP contribution in [0, 0.1) is 12.8 Å². The van der Waals surface area contributed by atoms with Crippen LogP contribution in [0.25, 0.3) is 0 Å². The molecule has 1 aliphatic rings. The molecule has 10 nitrogen and oxygen atoms in total. The van der Waals surface area contributed by atoms with Crippen LogP contribution in [0.4, 0.5) is 5.69 Å². The summed E-state index contributed by atoms with van der Waals surface area (Å²) in [7, 11) is 1.65. The standard InChI is InChI=1S/C30H44N4O6S/c1-21-9-12-26(13-10-21)41(38,39)33(6)19-28-22(2)18-34(23(3)20-35)30(37)17-24-16-25(11-14-27(24)40-28)31-29(36)8-7-15-32(4)5/h9-14,16,22-23,28,35H,7-8,15,17-20H2,1-6H3,(H,31,36)/t22-,23+,28+/m0/s1. The van der Waals surface area contributed by atoms with Crippen LogP contribution in [0.15, 0.2) is 47.4 Å². The van der Waals surface area contributed by atoms with Gasteiger partial charge in [0.25, 0.3) is 0 Å². The van der Waals surface area contributed by atoms with Crippen molar-refractivity contribution in [2.75, 3.05) is 52.7 Å². The number of hydrogen-bond donors (Lipinski definition) is 2. The van der Waals surface area contributed by atoms with Crippen molar-refractivity contribution < 1.29 is 27.9 Å². The fraction of sp³-hybridized carbons (Fsp3) is 0.533. The molecule has 3 atom stereocenters. The quantitative estimate of drug-likeness (QED) is 0.414. The number of carbonyl (C=O) groups excluding carboxylic acids is 2. The molecule has 0 saturated carbocycles. The average Bonchev–Trinajstić information content (AvgIpc) is 2.95. The summed E-state index contributed by atoms with van der Waals surface area (Å²) in [5, 5.41) is 12.8. The van der Waals surface area contributed by atoms with Gasteiger partial charge in [0.15, 0.2) is 0 Å². The lowest BCUT2D eigenvalue weighted by Gasteiger charge is -2.33. The number of aryl methyl sites for hydroxylation is 1. The van der Waals surface area contributed by atoms with E-state index in [1.54, 1.807) is 54.3 Å². The Morgan fingerprint density at radius 1 is 1.17 bits per heavy atom. The highest BCUT2D eigenvalue weighted by molar-refractivity contribution is 7.89. The van der Waals surface area contributed by atoms with E-state index in [1.165, 1.54) is 11.4 Å². The van der Waals surface area contributed by atoms with Crippen LogP contribution in [0.1, 0.15) is 37.8 Å². The lowest BCUT2D eigenvalue weighted by molar-refractivity contribution is -0.134. The highest BCUT2D eigenvalue weighted by atomic mass is 32.2. The number of nitrogens with zero attached hydrogens (tertiary/aromatic N) is 3.